The van der Waals surface area contributed by atoms with Crippen molar-refractivity contribution in [1.29, 1.82) is 0 Å². The van der Waals surface area contributed by atoms with Crippen LogP contribution in [0.5, 0.6) is 0 Å². The third kappa shape index (κ3) is 6.73. The lowest BCUT2D eigenvalue weighted by atomic mass is 9.89. The van der Waals surface area contributed by atoms with E-state index in [0.29, 0.717) is 18.1 Å². The number of aliphatic carboxylic acids is 2. The number of hydrogen-bond donors (Lipinski definition) is 3. The van der Waals surface area contributed by atoms with E-state index in [2.05, 4.69) is 10.3 Å². The minimum Gasteiger partial charge on any atom is -0.478 e. The molecule has 208 valence electrons. The van der Waals surface area contributed by atoms with Gasteiger partial charge in [-0.15, -0.1) is 0 Å². The van der Waals surface area contributed by atoms with E-state index in [1.54, 1.807) is 59.8 Å². The Bertz CT molecular complexity index is 1410. The molecule has 0 aliphatic carbocycles. The molecule has 2 aromatic carbocycles. The lowest BCUT2D eigenvalue weighted by Gasteiger charge is -2.40. The summed E-state index contributed by atoms with van der Waals surface area (Å²) >= 11 is 0. The second kappa shape index (κ2) is 12.1. The first-order valence-electron chi connectivity index (χ1n) is 12.4. The largest absolute Gasteiger partial charge is 0.478 e. The number of hydrogen-bond acceptors (Lipinski definition) is 5. The summed E-state index contributed by atoms with van der Waals surface area (Å²) in [5.41, 5.74) is -0.711. The fourth-order valence-electron chi connectivity index (χ4n) is 4.97. The van der Waals surface area contributed by atoms with Crippen LogP contribution in [-0.4, -0.2) is 56.6 Å². The van der Waals surface area contributed by atoms with Gasteiger partial charge in [-0.2, -0.15) is 13.2 Å². The molecule has 1 aromatic heterocycles. The van der Waals surface area contributed by atoms with Crippen molar-refractivity contribution in [1.82, 2.24) is 15.2 Å². The normalized spacial score (nSPS) is 18.2. The summed E-state index contributed by atoms with van der Waals surface area (Å²) in [6, 6.07) is 13.6. The number of pyridine rings is 1. The van der Waals surface area contributed by atoms with Crippen molar-refractivity contribution < 1.29 is 37.8 Å². The molecule has 1 aliphatic heterocycles. The number of likely N-dealkylation sites (tertiary alicyclic amines) is 1. The molecule has 11 heteroatoms. The third-order valence-corrected chi connectivity index (χ3v) is 6.72. The van der Waals surface area contributed by atoms with Crippen LogP contribution in [0.2, 0.25) is 0 Å². The molecule has 1 aliphatic rings. The molecule has 2 heterocycles. The number of carbonyl (C=O) groups is 3. The molecule has 1 saturated heterocycles. The predicted molar refractivity (Wildman–Crippen MR) is 139 cm³/mol. The first-order valence-corrected chi connectivity index (χ1v) is 12.4. The number of piperidine rings is 1. The standard InChI is InChI=1S/C29H26F3N3O5/c30-29(31,32)23-10-4-9-21(19-7-2-1-3-8-19)26(23)27(38)34-20-11-13-35(17-18-6-5-12-33-16-18)24(14-20)22(28(39)40)15-25(36)37/h1-10,12,15-16,20,24H,11,13-14,17H2,(H,34,38)(H,36,37)(H,39,40)/b22-15+. The quantitative estimate of drug-likeness (QED) is 0.348. The van der Waals surface area contributed by atoms with E-state index in [1.807, 2.05) is 0 Å². The Morgan fingerprint density at radius 1 is 1.02 bits per heavy atom. The Morgan fingerprint density at radius 2 is 1.77 bits per heavy atom. The molecule has 4 rings (SSSR count). The smallest absolute Gasteiger partial charge is 0.417 e. The van der Waals surface area contributed by atoms with Crippen LogP contribution in [0.1, 0.15) is 34.3 Å². The van der Waals surface area contributed by atoms with Gasteiger partial charge in [-0.1, -0.05) is 48.5 Å². The molecule has 3 N–H and O–H groups in total. The Balaban J connectivity index is 1.66. The van der Waals surface area contributed by atoms with E-state index in [-0.39, 0.29) is 25.1 Å². The lowest BCUT2D eigenvalue weighted by Crippen LogP contribution is -2.51. The topological polar surface area (TPSA) is 120 Å². The molecule has 0 saturated carbocycles. The zero-order chi connectivity index (χ0) is 28.9. The van der Waals surface area contributed by atoms with E-state index >= 15 is 0 Å². The molecule has 1 amide bonds. The van der Waals surface area contributed by atoms with Crippen LogP contribution in [0.15, 0.2) is 84.7 Å². The highest BCUT2D eigenvalue weighted by atomic mass is 19.4. The molecule has 0 bridgehead atoms. The number of alkyl halides is 3. The van der Waals surface area contributed by atoms with Crippen LogP contribution in [0.25, 0.3) is 11.1 Å². The molecule has 0 radical (unpaired) electrons. The van der Waals surface area contributed by atoms with Gasteiger partial charge in [0.1, 0.15) is 0 Å². The van der Waals surface area contributed by atoms with Gasteiger partial charge in [0.15, 0.2) is 0 Å². The van der Waals surface area contributed by atoms with E-state index in [0.717, 1.165) is 11.6 Å². The Labute approximate surface area is 227 Å². The maximum atomic E-state index is 14.0. The van der Waals surface area contributed by atoms with Crippen molar-refractivity contribution in [2.75, 3.05) is 6.54 Å². The van der Waals surface area contributed by atoms with Gasteiger partial charge >= 0.3 is 18.1 Å². The maximum absolute atomic E-state index is 14.0. The molecule has 2 atom stereocenters. The number of aromatic nitrogens is 1. The average molecular weight is 554 g/mol. The van der Waals surface area contributed by atoms with Gasteiger partial charge in [0.2, 0.25) is 0 Å². The van der Waals surface area contributed by atoms with Gasteiger partial charge < -0.3 is 15.5 Å². The van der Waals surface area contributed by atoms with Crippen LogP contribution in [0, 0.1) is 0 Å². The van der Waals surface area contributed by atoms with Crippen molar-refractivity contribution in [3.05, 3.63) is 101 Å². The summed E-state index contributed by atoms with van der Waals surface area (Å²) in [4.78, 5) is 42.8. The van der Waals surface area contributed by atoms with E-state index in [9.17, 15) is 37.8 Å². The number of benzene rings is 2. The first kappa shape index (κ1) is 28.5. The van der Waals surface area contributed by atoms with Gasteiger partial charge in [0, 0.05) is 43.6 Å². The number of nitrogens with one attached hydrogen (secondary N) is 1. The second-order valence-corrected chi connectivity index (χ2v) is 9.38. The van der Waals surface area contributed by atoms with E-state index in [4.69, 9.17) is 0 Å². The number of carboxylic acid groups (broad SMARTS) is 2. The highest BCUT2D eigenvalue weighted by molar-refractivity contribution is 6.02. The number of carbonyl (C=O) groups excluding carboxylic acids is 1. The van der Waals surface area contributed by atoms with Crippen molar-refractivity contribution in [3.8, 4) is 11.1 Å². The summed E-state index contributed by atoms with van der Waals surface area (Å²) < 4.78 is 42.0. The van der Waals surface area contributed by atoms with Crippen LogP contribution in [0.4, 0.5) is 13.2 Å². The summed E-state index contributed by atoms with van der Waals surface area (Å²) in [5, 5.41) is 21.8. The number of carboxylic acids is 2. The van der Waals surface area contributed by atoms with Crippen LogP contribution in [0.3, 0.4) is 0 Å². The monoisotopic (exact) mass is 553 g/mol. The fraction of sp³-hybridized carbons (Fsp3) is 0.241. The Morgan fingerprint density at radius 3 is 2.40 bits per heavy atom. The molecular formula is C29H26F3N3O5. The van der Waals surface area contributed by atoms with Gasteiger partial charge in [0.25, 0.3) is 5.91 Å². The SMILES string of the molecule is O=C(O)/C=C(/C(=O)O)C1CC(NC(=O)c2c(-c3ccccc3)cccc2C(F)(F)F)CCN1Cc1cccnc1. The van der Waals surface area contributed by atoms with E-state index in [1.165, 1.54) is 12.1 Å². The Hall–Kier alpha value is -4.51. The van der Waals surface area contributed by atoms with Crippen LogP contribution < -0.4 is 5.32 Å². The summed E-state index contributed by atoms with van der Waals surface area (Å²) in [5.74, 6) is -3.84. The van der Waals surface area contributed by atoms with Crippen LogP contribution >= 0.6 is 0 Å². The lowest BCUT2D eigenvalue weighted by molar-refractivity contribution is -0.138. The molecule has 40 heavy (non-hydrogen) atoms. The zero-order valence-electron chi connectivity index (χ0n) is 21.1. The minimum absolute atomic E-state index is 0.0216. The van der Waals surface area contributed by atoms with Gasteiger partial charge in [-0.25, -0.2) is 9.59 Å². The van der Waals surface area contributed by atoms with Gasteiger partial charge in [0.05, 0.1) is 16.7 Å². The number of halogens is 3. The summed E-state index contributed by atoms with van der Waals surface area (Å²) in [6.07, 6.45) is -0.721. The molecule has 1 fully saturated rings. The molecule has 3 aromatic rings. The van der Waals surface area contributed by atoms with Crippen molar-refractivity contribution >= 4 is 17.8 Å². The highest BCUT2D eigenvalue weighted by Gasteiger charge is 2.39. The molecule has 0 spiro atoms. The zero-order valence-corrected chi connectivity index (χ0v) is 21.1. The van der Waals surface area contributed by atoms with Crippen molar-refractivity contribution in [2.45, 2.75) is 37.6 Å². The summed E-state index contributed by atoms with van der Waals surface area (Å²) in [6.45, 7) is 0.514. The highest BCUT2D eigenvalue weighted by Crippen LogP contribution is 2.37. The predicted octanol–water partition coefficient (Wildman–Crippen LogP) is 4.63. The molecule has 8 nitrogen and oxygen atoms in total. The number of amides is 1. The van der Waals surface area contributed by atoms with Crippen LogP contribution in [-0.2, 0) is 22.3 Å². The maximum Gasteiger partial charge on any atom is 0.417 e. The summed E-state index contributed by atoms with van der Waals surface area (Å²) in [7, 11) is 0. The van der Waals surface area contributed by atoms with Crippen molar-refractivity contribution in [2.24, 2.45) is 0 Å². The van der Waals surface area contributed by atoms with Gasteiger partial charge in [-0.05, 0) is 41.7 Å². The average Bonchev–Trinajstić information content (AvgIpc) is 2.92. The Kier molecular flexibility index (Phi) is 8.64. The van der Waals surface area contributed by atoms with Crippen molar-refractivity contribution in [3.63, 3.8) is 0 Å². The van der Waals surface area contributed by atoms with E-state index < -0.39 is 52.8 Å². The first-order chi connectivity index (χ1) is 19.0. The third-order valence-electron chi connectivity index (χ3n) is 6.72. The van der Waals surface area contributed by atoms with Gasteiger partial charge in [-0.3, -0.25) is 14.7 Å². The minimum atomic E-state index is -4.80. The number of nitrogens with zero attached hydrogens (tertiary/aromatic N) is 2. The molecule has 2 unspecified atom stereocenters. The number of rotatable bonds is 8. The fourth-order valence-corrected chi connectivity index (χ4v) is 4.97. The second-order valence-electron chi connectivity index (χ2n) is 9.38. The molecular weight excluding hydrogens is 527 g/mol.